The van der Waals surface area contributed by atoms with Gasteiger partial charge in [0.25, 0.3) is 5.56 Å². The molecule has 3 rings (SSSR count). The summed E-state index contributed by atoms with van der Waals surface area (Å²) in [5, 5.41) is 3.01. The molecule has 1 aliphatic heterocycles. The molecule has 1 aromatic carbocycles. The molecule has 0 aliphatic carbocycles. The first kappa shape index (κ1) is 14.0. The summed E-state index contributed by atoms with van der Waals surface area (Å²) in [6.45, 7) is 3.12. The summed E-state index contributed by atoms with van der Waals surface area (Å²) < 4.78 is 1.57. The maximum Gasteiger partial charge on any atom is 0.280 e. The predicted octanol–water partition coefficient (Wildman–Crippen LogP) is 0.720. The zero-order valence-corrected chi connectivity index (χ0v) is 13.1. The van der Waals surface area contributed by atoms with Gasteiger partial charge in [0.1, 0.15) is 5.82 Å². The lowest BCUT2D eigenvalue weighted by molar-refractivity contribution is 0.206. The zero-order chi connectivity index (χ0) is 15.1. The Morgan fingerprint density at radius 1 is 1.19 bits per heavy atom. The van der Waals surface area contributed by atoms with Crippen LogP contribution in [-0.2, 0) is 0 Å². The number of aryl methyl sites for hydroxylation is 1. The first-order valence-electron chi connectivity index (χ1n) is 6.69. The highest BCUT2D eigenvalue weighted by molar-refractivity contribution is 7.80. The molecule has 2 aromatic rings. The predicted molar refractivity (Wildman–Crippen MR) is 86.8 cm³/mol. The van der Waals surface area contributed by atoms with Crippen LogP contribution in [0.5, 0.6) is 0 Å². The van der Waals surface area contributed by atoms with Crippen LogP contribution in [-0.4, -0.2) is 52.0 Å². The molecule has 0 bridgehead atoms. The SMILES string of the molecule is Cc1nc2ccccc2c(=O)n1N1CN(C)CN(C)C1=S. The van der Waals surface area contributed by atoms with Crippen LogP contribution in [0.2, 0.25) is 0 Å². The summed E-state index contributed by atoms with van der Waals surface area (Å²) in [5.41, 5.74) is 0.616. The highest BCUT2D eigenvalue weighted by Gasteiger charge is 2.26. The maximum atomic E-state index is 12.8. The zero-order valence-electron chi connectivity index (χ0n) is 12.3. The van der Waals surface area contributed by atoms with Crippen molar-refractivity contribution in [3.63, 3.8) is 0 Å². The lowest BCUT2D eigenvalue weighted by Crippen LogP contribution is -2.62. The van der Waals surface area contributed by atoms with Gasteiger partial charge >= 0.3 is 0 Å². The standard InChI is InChI=1S/C14H17N5OS/c1-10-15-12-7-5-4-6-11(12)13(20)19(10)18-9-16(2)8-17(3)14(18)21/h4-7H,8-9H2,1-3H3. The van der Waals surface area contributed by atoms with Gasteiger partial charge in [0, 0.05) is 7.05 Å². The van der Waals surface area contributed by atoms with Gasteiger partial charge in [-0.2, -0.15) is 4.68 Å². The molecule has 0 N–H and O–H groups in total. The molecule has 110 valence electrons. The number of fused-ring (bicyclic) bond motifs is 1. The van der Waals surface area contributed by atoms with E-state index in [2.05, 4.69) is 9.88 Å². The smallest absolute Gasteiger partial charge is 0.280 e. The van der Waals surface area contributed by atoms with Crippen molar-refractivity contribution < 1.29 is 0 Å². The topological polar surface area (TPSA) is 44.6 Å². The van der Waals surface area contributed by atoms with Crippen molar-refractivity contribution in [3.05, 3.63) is 40.4 Å². The Labute approximate surface area is 128 Å². The number of hydrogen-bond acceptors (Lipinski definition) is 4. The molecule has 1 aliphatic rings. The van der Waals surface area contributed by atoms with E-state index in [1.54, 1.807) is 15.8 Å². The van der Waals surface area contributed by atoms with Gasteiger partial charge in [0.15, 0.2) is 5.11 Å². The van der Waals surface area contributed by atoms with E-state index in [4.69, 9.17) is 12.2 Å². The Morgan fingerprint density at radius 2 is 1.90 bits per heavy atom. The molecule has 21 heavy (non-hydrogen) atoms. The maximum absolute atomic E-state index is 12.8. The van der Waals surface area contributed by atoms with E-state index in [-0.39, 0.29) is 5.56 Å². The van der Waals surface area contributed by atoms with E-state index in [0.29, 0.717) is 28.5 Å². The fraction of sp³-hybridized carbons (Fsp3) is 0.357. The average molecular weight is 303 g/mol. The molecule has 0 spiro atoms. The summed E-state index contributed by atoms with van der Waals surface area (Å²) in [6.07, 6.45) is 0. The van der Waals surface area contributed by atoms with Gasteiger partial charge in [-0.05, 0) is 38.3 Å². The largest absolute Gasteiger partial charge is 0.338 e. The molecule has 7 heteroatoms. The quantitative estimate of drug-likeness (QED) is 0.724. The lowest BCUT2D eigenvalue weighted by Gasteiger charge is -2.41. The van der Waals surface area contributed by atoms with Crippen molar-refractivity contribution in [1.82, 2.24) is 19.5 Å². The second-order valence-corrected chi connectivity index (χ2v) is 5.68. The molecule has 1 aromatic heterocycles. The van der Waals surface area contributed by atoms with Crippen LogP contribution in [0.3, 0.4) is 0 Å². The number of aromatic nitrogens is 2. The third-order valence-electron chi connectivity index (χ3n) is 3.53. The molecule has 1 saturated heterocycles. The number of para-hydroxylation sites is 1. The van der Waals surface area contributed by atoms with Crippen LogP contribution in [0.25, 0.3) is 10.9 Å². The normalized spacial score (nSPS) is 16.8. The Balaban J connectivity index is 2.20. The summed E-state index contributed by atoms with van der Waals surface area (Å²) in [6, 6.07) is 7.37. The first-order chi connectivity index (χ1) is 9.99. The van der Waals surface area contributed by atoms with Crippen LogP contribution >= 0.6 is 12.2 Å². The first-order valence-corrected chi connectivity index (χ1v) is 7.09. The van der Waals surface area contributed by atoms with Gasteiger partial charge in [-0.1, -0.05) is 12.1 Å². The van der Waals surface area contributed by atoms with Crippen LogP contribution < -0.4 is 10.6 Å². The van der Waals surface area contributed by atoms with Crippen molar-refractivity contribution in [2.75, 3.05) is 32.4 Å². The van der Waals surface area contributed by atoms with Gasteiger partial charge in [-0.3, -0.25) is 9.69 Å². The number of benzene rings is 1. The van der Waals surface area contributed by atoms with Gasteiger partial charge in [-0.15, -0.1) is 0 Å². The summed E-state index contributed by atoms with van der Waals surface area (Å²) in [7, 11) is 3.90. The van der Waals surface area contributed by atoms with Crippen molar-refractivity contribution in [2.45, 2.75) is 6.92 Å². The van der Waals surface area contributed by atoms with Gasteiger partial charge in [-0.25, -0.2) is 9.99 Å². The molecule has 0 saturated carbocycles. The monoisotopic (exact) mass is 303 g/mol. The molecule has 1 fully saturated rings. The Morgan fingerprint density at radius 3 is 2.67 bits per heavy atom. The fourth-order valence-corrected chi connectivity index (χ4v) is 2.82. The van der Waals surface area contributed by atoms with E-state index in [0.717, 1.165) is 6.67 Å². The van der Waals surface area contributed by atoms with Crippen LogP contribution in [0, 0.1) is 6.92 Å². The molecule has 6 nitrogen and oxygen atoms in total. The summed E-state index contributed by atoms with van der Waals surface area (Å²) in [4.78, 5) is 21.3. The Bertz CT molecular complexity index is 772. The van der Waals surface area contributed by atoms with Gasteiger partial charge < -0.3 is 4.90 Å². The molecule has 0 atom stereocenters. The fourth-order valence-electron chi connectivity index (χ4n) is 2.62. The van der Waals surface area contributed by atoms with E-state index in [1.165, 1.54) is 0 Å². The van der Waals surface area contributed by atoms with Crippen LogP contribution in [0.4, 0.5) is 0 Å². The third-order valence-corrected chi connectivity index (χ3v) is 4.06. The van der Waals surface area contributed by atoms with Crippen molar-refractivity contribution in [2.24, 2.45) is 0 Å². The summed E-state index contributed by atoms with van der Waals surface area (Å²) >= 11 is 5.46. The Hall–Kier alpha value is -1.99. The molecular weight excluding hydrogens is 286 g/mol. The highest BCUT2D eigenvalue weighted by atomic mass is 32.1. The molecule has 0 radical (unpaired) electrons. The van der Waals surface area contributed by atoms with Gasteiger partial charge in [0.2, 0.25) is 0 Å². The van der Waals surface area contributed by atoms with Crippen molar-refractivity contribution in [1.29, 1.82) is 0 Å². The lowest BCUT2D eigenvalue weighted by atomic mass is 10.2. The number of thiocarbonyl (C=S) groups is 1. The van der Waals surface area contributed by atoms with E-state index in [1.807, 2.05) is 44.1 Å². The van der Waals surface area contributed by atoms with Crippen LogP contribution in [0.15, 0.2) is 29.1 Å². The number of hydrogen-bond donors (Lipinski definition) is 0. The minimum Gasteiger partial charge on any atom is -0.338 e. The second-order valence-electron chi connectivity index (χ2n) is 5.31. The highest BCUT2D eigenvalue weighted by Crippen LogP contribution is 2.11. The van der Waals surface area contributed by atoms with E-state index >= 15 is 0 Å². The minimum absolute atomic E-state index is 0.0934. The summed E-state index contributed by atoms with van der Waals surface area (Å²) in [5.74, 6) is 0.629. The van der Waals surface area contributed by atoms with E-state index in [9.17, 15) is 4.79 Å². The minimum atomic E-state index is -0.0934. The number of nitrogens with zero attached hydrogens (tertiary/aromatic N) is 5. The van der Waals surface area contributed by atoms with Crippen molar-refractivity contribution >= 4 is 28.2 Å². The third kappa shape index (κ3) is 2.28. The van der Waals surface area contributed by atoms with Gasteiger partial charge in [0.05, 0.1) is 24.2 Å². The number of rotatable bonds is 1. The molecule has 0 amide bonds. The molecular formula is C14H17N5OS. The second kappa shape index (κ2) is 5.09. The van der Waals surface area contributed by atoms with Crippen molar-refractivity contribution in [3.8, 4) is 0 Å². The average Bonchev–Trinajstić information content (AvgIpc) is 2.44. The molecule has 0 unspecified atom stereocenters. The Kier molecular flexibility index (Phi) is 3.38. The van der Waals surface area contributed by atoms with E-state index < -0.39 is 0 Å². The molecule has 2 heterocycles. The van der Waals surface area contributed by atoms with Crippen LogP contribution in [0.1, 0.15) is 5.82 Å².